The number of hydrogen-bond acceptors (Lipinski definition) is 6. The molecule has 0 atom stereocenters. The van der Waals surface area contributed by atoms with E-state index in [0.29, 0.717) is 23.8 Å². The topological polar surface area (TPSA) is 90.7 Å². The van der Waals surface area contributed by atoms with E-state index < -0.39 is 10.8 Å². The number of carbonyl (C=O) groups is 1. The Morgan fingerprint density at radius 2 is 1.76 bits per heavy atom. The quantitative estimate of drug-likeness (QED) is 0.583. The predicted molar refractivity (Wildman–Crippen MR) is 97.2 cm³/mol. The molecule has 0 saturated heterocycles. The van der Waals surface area contributed by atoms with Gasteiger partial charge in [0.1, 0.15) is 5.69 Å². The summed E-state index contributed by atoms with van der Waals surface area (Å²) in [5.74, 6) is 0.233. The fourth-order valence-corrected chi connectivity index (χ4v) is 3.14. The van der Waals surface area contributed by atoms with Crippen LogP contribution in [0.5, 0.6) is 11.5 Å². The van der Waals surface area contributed by atoms with E-state index in [9.17, 15) is 14.9 Å². The van der Waals surface area contributed by atoms with Gasteiger partial charge in [-0.3, -0.25) is 14.9 Å². The van der Waals surface area contributed by atoms with Gasteiger partial charge >= 0.3 is 0 Å². The maximum Gasteiger partial charge on any atom is 0.296 e. The SMILES string of the molecule is CCOc1cc(NC(=O)c2cc(C)c(C)s2)c([N+](=O)[O-])cc1OCC. The van der Waals surface area contributed by atoms with Crippen LogP contribution < -0.4 is 14.8 Å². The third-order valence-corrected chi connectivity index (χ3v) is 4.65. The first kappa shape index (κ1) is 18.7. The molecule has 0 aliphatic rings. The van der Waals surface area contributed by atoms with E-state index in [0.717, 1.165) is 10.4 Å². The van der Waals surface area contributed by atoms with Crippen LogP contribution in [0, 0.1) is 24.0 Å². The van der Waals surface area contributed by atoms with Crippen LogP contribution in [0.4, 0.5) is 11.4 Å². The number of anilines is 1. The highest BCUT2D eigenvalue weighted by atomic mass is 32.1. The van der Waals surface area contributed by atoms with Gasteiger partial charge in [0, 0.05) is 10.9 Å². The van der Waals surface area contributed by atoms with Crippen molar-refractivity contribution < 1.29 is 19.2 Å². The summed E-state index contributed by atoms with van der Waals surface area (Å²) in [7, 11) is 0. The van der Waals surface area contributed by atoms with E-state index in [1.165, 1.54) is 23.5 Å². The van der Waals surface area contributed by atoms with Crippen molar-refractivity contribution in [2.24, 2.45) is 0 Å². The van der Waals surface area contributed by atoms with Crippen molar-refractivity contribution in [3.8, 4) is 11.5 Å². The lowest BCUT2D eigenvalue weighted by molar-refractivity contribution is -0.384. The second-order valence-corrected chi connectivity index (χ2v) is 6.50. The van der Waals surface area contributed by atoms with Crippen molar-refractivity contribution in [1.29, 1.82) is 0 Å². The predicted octanol–water partition coefficient (Wildman–Crippen LogP) is 4.32. The number of nitro groups is 1. The number of ether oxygens (including phenoxy) is 2. The van der Waals surface area contributed by atoms with Gasteiger partial charge in [0.15, 0.2) is 11.5 Å². The Morgan fingerprint density at radius 3 is 2.24 bits per heavy atom. The summed E-state index contributed by atoms with van der Waals surface area (Å²) in [5, 5.41) is 14.0. The second kappa shape index (κ2) is 7.98. The summed E-state index contributed by atoms with van der Waals surface area (Å²) in [4.78, 5) is 24.8. The molecule has 0 aliphatic carbocycles. The molecule has 134 valence electrons. The first-order valence-electron chi connectivity index (χ1n) is 7.83. The third-order valence-electron chi connectivity index (χ3n) is 3.50. The van der Waals surface area contributed by atoms with E-state index in [4.69, 9.17) is 9.47 Å². The fourth-order valence-electron chi connectivity index (χ4n) is 2.21. The van der Waals surface area contributed by atoms with Crippen LogP contribution in [0.2, 0.25) is 0 Å². The zero-order chi connectivity index (χ0) is 18.6. The lowest BCUT2D eigenvalue weighted by Crippen LogP contribution is -2.12. The highest BCUT2D eigenvalue weighted by Gasteiger charge is 2.22. The van der Waals surface area contributed by atoms with E-state index in [1.807, 2.05) is 13.8 Å². The molecule has 1 N–H and O–H groups in total. The van der Waals surface area contributed by atoms with Crippen LogP contribution in [0.25, 0.3) is 0 Å². The molecule has 8 heteroatoms. The minimum atomic E-state index is -0.557. The average Bonchev–Trinajstić information content (AvgIpc) is 2.89. The maximum atomic E-state index is 12.4. The normalized spacial score (nSPS) is 10.4. The molecule has 0 fully saturated rings. The molecule has 1 heterocycles. The van der Waals surface area contributed by atoms with Gasteiger partial charge in [-0.15, -0.1) is 11.3 Å². The van der Waals surface area contributed by atoms with Gasteiger partial charge in [-0.1, -0.05) is 0 Å². The number of rotatable bonds is 7. The molecular formula is C17H20N2O5S. The molecule has 1 aromatic heterocycles. The van der Waals surface area contributed by atoms with Crippen molar-refractivity contribution in [1.82, 2.24) is 0 Å². The monoisotopic (exact) mass is 364 g/mol. The molecule has 2 aromatic rings. The smallest absolute Gasteiger partial charge is 0.296 e. The zero-order valence-electron chi connectivity index (χ0n) is 14.5. The van der Waals surface area contributed by atoms with Crippen LogP contribution in [0.3, 0.4) is 0 Å². The van der Waals surface area contributed by atoms with Crippen molar-refractivity contribution >= 4 is 28.6 Å². The summed E-state index contributed by atoms with van der Waals surface area (Å²) in [6.07, 6.45) is 0. The van der Waals surface area contributed by atoms with Crippen LogP contribution in [0.1, 0.15) is 34.0 Å². The van der Waals surface area contributed by atoms with E-state index in [1.54, 1.807) is 19.9 Å². The molecule has 2 rings (SSSR count). The Balaban J connectivity index is 2.41. The number of benzene rings is 1. The highest BCUT2D eigenvalue weighted by molar-refractivity contribution is 7.14. The number of amides is 1. The van der Waals surface area contributed by atoms with Gasteiger partial charge < -0.3 is 14.8 Å². The van der Waals surface area contributed by atoms with Gasteiger partial charge in [0.05, 0.1) is 29.1 Å². The number of thiophene rings is 1. The van der Waals surface area contributed by atoms with E-state index in [-0.39, 0.29) is 17.1 Å². The molecule has 1 aromatic carbocycles. The van der Waals surface area contributed by atoms with E-state index >= 15 is 0 Å². The average molecular weight is 364 g/mol. The maximum absolute atomic E-state index is 12.4. The summed E-state index contributed by atoms with van der Waals surface area (Å²) >= 11 is 1.34. The van der Waals surface area contributed by atoms with Gasteiger partial charge in [0.2, 0.25) is 0 Å². The molecular weight excluding hydrogens is 344 g/mol. The Labute approximate surface area is 149 Å². The number of aryl methyl sites for hydroxylation is 2. The van der Waals surface area contributed by atoms with E-state index in [2.05, 4.69) is 5.32 Å². The summed E-state index contributed by atoms with van der Waals surface area (Å²) < 4.78 is 10.9. The van der Waals surface area contributed by atoms with Crippen LogP contribution in [-0.4, -0.2) is 24.0 Å². The standard InChI is InChI=1S/C17H20N2O5S/c1-5-23-14-8-12(13(19(21)22)9-15(14)24-6-2)18-17(20)16-7-10(3)11(4)25-16/h7-9H,5-6H2,1-4H3,(H,18,20). The van der Waals surface area contributed by atoms with Crippen molar-refractivity contribution in [3.05, 3.63) is 43.6 Å². The van der Waals surface area contributed by atoms with Crippen LogP contribution in [-0.2, 0) is 0 Å². The summed E-state index contributed by atoms with van der Waals surface area (Å²) in [6.45, 7) is 8.12. The number of hydrogen-bond donors (Lipinski definition) is 1. The Bertz CT molecular complexity index is 781. The zero-order valence-corrected chi connectivity index (χ0v) is 15.4. The molecule has 1 amide bonds. The molecule has 0 aliphatic heterocycles. The fraction of sp³-hybridized carbons (Fsp3) is 0.353. The number of nitrogens with one attached hydrogen (secondary N) is 1. The molecule has 0 radical (unpaired) electrons. The number of nitro benzene ring substituents is 1. The van der Waals surface area contributed by atoms with Gasteiger partial charge in [-0.05, 0) is 39.3 Å². The van der Waals surface area contributed by atoms with Crippen LogP contribution in [0.15, 0.2) is 18.2 Å². The first-order valence-corrected chi connectivity index (χ1v) is 8.65. The van der Waals surface area contributed by atoms with Crippen LogP contribution >= 0.6 is 11.3 Å². The van der Waals surface area contributed by atoms with Gasteiger partial charge in [-0.25, -0.2) is 0 Å². The minimum Gasteiger partial charge on any atom is -0.490 e. The molecule has 0 spiro atoms. The van der Waals surface area contributed by atoms with Crippen molar-refractivity contribution in [2.75, 3.05) is 18.5 Å². The minimum absolute atomic E-state index is 0.0746. The molecule has 0 unspecified atom stereocenters. The van der Waals surface area contributed by atoms with Crippen molar-refractivity contribution in [3.63, 3.8) is 0 Å². The summed E-state index contributed by atoms with van der Waals surface area (Å²) in [5.41, 5.74) is 0.835. The van der Waals surface area contributed by atoms with Gasteiger partial charge in [-0.2, -0.15) is 0 Å². The molecule has 0 saturated carbocycles. The third kappa shape index (κ3) is 4.27. The Morgan fingerprint density at radius 1 is 1.16 bits per heavy atom. The molecule has 0 bridgehead atoms. The lowest BCUT2D eigenvalue weighted by atomic mass is 10.2. The first-order chi connectivity index (χ1) is 11.9. The Hall–Kier alpha value is -2.61. The van der Waals surface area contributed by atoms with Gasteiger partial charge in [0.25, 0.3) is 11.6 Å². The second-order valence-electron chi connectivity index (χ2n) is 5.24. The summed E-state index contributed by atoms with van der Waals surface area (Å²) in [6, 6.07) is 4.46. The lowest BCUT2D eigenvalue weighted by Gasteiger charge is -2.13. The molecule has 7 nitrogen and oxygen atoms in total. The Kier molecular flexibility index (Phi) is 5.97. The highest BCUT2D eigenvalue weighted by Crippen LogP contribution is 2.38. The molecule has 25 heavy (non-hydrogen) atoms. The van der Waals surface area contributed by atoms with Crippen molar-refractivity contribution in [2.45, 2.75) is 27.7 Å². The number of nitrogens with zero attached hydrogens (tertiary/aromatic N) is 1. The number of carbonyl (C=O) groups excluding carboxylic acids is 1. The largest absolute Gasteiger partial charge is 0.490 e.